The van der Waals surface area contributed by atoms with Crippen molar-refractivity contribution in [1.29, 1.82) is 0 Å². The van der Waals surface area contributed by atoms with E-state index in [1.807, 2.05) is 27.7 Å². The Hall–Kier alpha value is -5.63. The maximum absolute atomic E-state index is 13.2. The number of Topliss-reactive ketones (excluding diaryl/α,β-unsaturated/α-hetero) is 6. The van der Waals surface area contributed by atoms with Gasteiger partial charge in [0, 0.05) is 47.5 Å². The number of ether oxygens (including phenoxy) is 5. The van der Waals surface area contributed by atoms with Gasteiger partial charge < -0.3 is 39.0 Å². The molecule has 0 saturated heterocycles. The van der Waals surface area contributed by atoms with Crippen molar-refractivity contribution in [2.75, 3.05) is 0 Å². The minimum atomic E-state index is -1.67. The molecule has 98 heavy (non-hydrogen) atoms. The SMILES string of the molecule is C=CC(=O)OC(CC(C)(C)C(C)=O)C(C)=O.C=CC(C)=O.CC(=O)C(C)(C)Br.CC(=O)C(C)(C)CC(C(=O)O)C(C)(C)CC(Br)C(=O)OC(CC(C)(C)C(=O)O)C(=O)O.CC(=O)C(CC(C)(C)C(C)=O)C(C)(C)CC(Br)C(=O)OC(CC(C)(C)C(=O)OC(C)(C)C)C(=O)OC(C)(C)C. The first kappa shape index (κ1) is 101. The van der Waals surface area contributed by atoms with Crippen molar-refractivity contribution in [3.63, 3.8) is 0 Å². The molecule has 564 valence electrons. The predicted octanol–water partition coefficient (Wildman–Crippen LogP) is 13.9. The Balaban J connectivity index is -0.000000429. The number of halogens is 3. The Labute approximate surface area is 607 Å². The van der Waals surface area contributed by atoms with Gasteiger partial charge in [0.05, 0.1) is 21.1 Å². The topological polar surface area (TPSA) is 363 Å². The van der Waals surface area contributed by atoms with Crippen LogP contribution in [0.2, 0.25) is 0 Å². The zero-order valence-corrected chi connectivity index (χ0v) is 68.5. The summed E-state index contributed by atoms with van der Waals surface area (Å²) in [6.07, 6.45) is -1.43. The Morgan fingerprint density at radius 2 is 0.694 bits per heavy atom. The highest BCUT2D eigenvalue weighted by Crippen LogP contribution is 2.44. The molecule has 7 atom stereocenters. The first-order valence-electron chi connectivity index (χ1n) is 31.8. The summed E-state index contributed by atoms with van der Waals surface area (Å²) in [6, 6.07) is 0. The van der Waals surface area contributed by atoms with Gasteiger partial charge in [-0.05, 0) is 174 Å². The first-order valence-corrected chi connectivity index (χ1v) is 34.4. The molecule has 0 radical (unpaired) electrons. The van der Waals surface area contributed by atoms with Crippen molar-refractivity contribution in [1.82, 2.24) is 0 Å². The molecule has 0 heterocycles. The Morgan fingerprint density at radius 3 is 0.969 bits per heavy atom. The summed E-state index contributed by atoms with van der Waals surface area (Å²) in [5.74, 6) is -9.27. The van der Waals surface area contributed by atoms with Gasteiger partial charge in [0.1, 0.15) is 49.8 Å². The molecule has 0 aliphatic heterocycles. The van der Waals surface area contributed by atoms with E-state index < -0.39 is 143 Å². The highest BCUT2D eigenvalue weighted by atomic mass is 79.9. The lowest BCUT2D eigenvalue weighted by Crippen LogP contribution is -2.43. The van der Waals surface area contributed by atoms with Crippen LogP contribution in [0.4, 0.5) is 0 Å². The van der Waals surface area contributed by atoms with Gasteiger partial charge in [0.15, 0.2) is 29.9 Å². The monoisotopic (exact) mass is 1590 g/mol. The minimum Gasteiger partial charge on any atom is -0.481 e. The fourth-order valence-electron chi connectivity index (χ4n) is 8.08. The highest BCUT2D eigenvalue weighted by molar-refractivity contribution is 9.10. The van der Waals surface area contributed by atoms with Crippen LogP contribution in [0.15, 0.2) is 25.3 Å². The van der Waals surface area contributed by atoms with Crippen LogP contribution in [0.5, 0.6) is 0 Å². The summed E-state index contributed by atoms with van der Waals surface area (Å²) < 4.78 is 26.3. The van der Waals surface area contributed by atoms with E-state index in [2.05, 4.69) is 60.9 Å². The van der Waals surface area contributed by atoms with Crippen LogP contribution >= 0.6 is 47.8 Å². The lowest BCUT2D eigenvalue weighted by molar-refractivity contribution is -0.181. The maximum atomic E-state index is 13.2. The lowest BCUT2D eigenvalue weighted by Gasteiger charge is -2.38. The molecule has 0 fully saturated rings. The number of hydrogen-bond acceptors (Lipinski definition) is 20. The van der Waals surface area contributed by atoms with Crippen LogP contribution in [-0.2, 0) is 95.6 Å². The first-order chi connectivity index (χ1) is 43.3. The second kappa shape index (κ2) is 41.3. The summed E-state index contributed by atoms with van der Waals surface area (Å²) in [4.78, 5) is 175. The molecule has 7 unspecified atom stereocenters. The number of carboxylic acids is 3. The molecule has 0 aromatic carbocycles. The molecule has 0 aromatic heterocycles. The van der Waals surface area contributed by atoms with E-state index in [-0.39, 0.29) is 76.9 Å². The van der Waals surface area contributed by atoms with Crippen LogP contribution in [0.3, 0.4) is 0 Å². The van der Waals surface area contributed by atoms with E-state index in [1.165, 1.54) is 61.5 Å². The van der Waals surface area contributed by atoms with Gasteiger partial charge in [-0.15, -0.1) is 0 Å². The molecule has 0 bridgehead atoms. The third kappa shape index (κ3) is 41.8. The van der Waals surface area contributed by atoms with Gasteiger partial charge in [-0.1, -0.05) is 130 Å². The standard InChI is InChI=1S/C30H51BrO8.C21H33BrO9.C12H18O4.C5H9BrO.C4H6O/c1-18(32)20(15-28(9,10)19(2)33)29(11,12)16-21(31)23(34)37-22(24(35)38-26(3,4)5)17-30(13,14)25(36)39-27(6,7)8;1-11(23)19(2,3)8-12(15(24)25)20(4,5)9-13(22)17(28)31-14(16(26)27)10-21(6,7)18(29)30;1-6-11(15)16-10(8(2)13)7-12(4,5)9(3)14;1-4(7)5(2,3)6;1-3-4(2)5/h20-22H,15-17H2,1-14H3;12-14H,8-10H2,1-7H3,(H,24,25)(H,26,27)(H,29,30);6,10H,1,7H2,2-5H3;1-3H3;3H,1H2,2H3. The van der Waals surface area contributed by atoms with Crippen molar-refractivity contribution in [3.8, 4) is 0 Å². The smallest absolute Gasteiger partial charge is 0.348 e. The van der Waals surface area contributed by atoms with E-state index in [0.717, 1.165) is 6.08 Å². The number of carboxylic acid groups (broad SMARTS) is 3. The molecule has 0 saturated carbocycles. The molecule has 0 spiro atoms. The number of carbonyl (C=O) groups is 15. The van der Waals surface area contributed by atoms with Crippen LogP contribution in [0.1, 0.15) is 246 Å². The number of ketones is 7. The van der Waals surface area contributed by atoms with Crippen LogP contribution in [-0.4, -0.2) is 147 Å². The summed E-state index contributed by atoms with van der Waals surface area (Å²) in [7, 11) is 0. The Bertz CT molecular complexity index is 2830. The van der Waals surface area contributed by atoms with E-state index >= 15 is 0 Å². The van der Waals surface area contributed by atoms with Gasteiger partial charge in [-0.2, -0.15) is 0 Å². The lowest BCUT2D eigenvalue weighted by atomic mass is 9.66. The molecular formula is C72H117Br3O23. The Kier molecular flexibility index (Phi) is 42.6. The molecule has 0 amide bonds. The number of allylic oxidation sites excluding steroid dienone is 1. The molecular weight excluding hydrogens is 1470 g/mol. The summed E-state index contributed by atoms with van der Waals surface area (Å²) in [5.41, 5.74) is -8.06. The second-order valence-electron chi connectivity index (χ2n) is 31.6. The molecule has 0 aromatic rings. The van der Waals surface area contributed by atoms with E-state index in [4.69, 9.17) is 23.7 Å². The predicted molar refractivity (Wildman–Crippen MR) is 384 cm³/mol. The van der Waals surface area contributed by atoms with Crippen molar-refractivity contribution in [2.45, 2.75) is 289 Å². The highest BCUT2D eigenvalue weighted by Gasteiger charge is 2.46. The summed E-state index contributed by atoms with van der Waals surface area (Å²) in [5, 5.41) is 28.2. The second-order valence-corrected chi connectivity index (χ2v) is 35.8. The third-order valence-electron chi connectivity index (χ3n) is 16.0. The number of hydrogen-bond donors (Lipinski definition) is 3. The van der Waals surface area contributed by atoms with Gasteiger partial charge in [-0.25, -0.2) is 14.4 Å². The number of carbonyl (C=O) groups excluding carboxylic acids is 12. The van der Waals surface area contributed by atoms with E-state index in [0.29, 0.717) is 6.42 Å². The van der Waals surface area contributed by atoms with Gasteiger partial charge in [-0.3, -0.25) is 57.5 Å². The van der Waals surface area contributed by atoms with Gasteiger partial charge in [0.25, 0.3) is 0 Å². The summed E-state index contributed by atoms with van der Waals surface area (Å²) in [6.45, 7) is 53.9. The minimum absolute atomic E-state index is 0.00848. The normalized spacial score (nSPS) is 14.3. The molecule has 26 heteroatoms. The quantitative estimate of drug-likeness (QED) is 0.0233. The average Bonchev–Trinajstić information content (AvgIpc) is 0.821. The van der Waals surface area contributed by atoms with Crippen molar-refractivity contribution in [3.05, 3.63) is 25.3 Å². The molecule has 23 nitrogen and oxygen atoms in total. The maximum Gasteiger partial charge on any atom is 0.348 e. The fraction of sp³-hybridized carbons (Fsp3) is 0.736. The van der Waals surface area contributed by atoms with Crippen LogP contribution < -0.4 is 0 Å². The van der Waals surface area contributed by atoms with E-state index in [9.17, 15) is 87.2 Å². The fourth-order valence-corrected chi connectivity index (χ4v) is 9.96. The zero-order valence-electron chi connectivity index (χ0n) is 63.7. The van der Waals surface area contributed by atoms with Gasteiger partial charge >= 0.3 is 47.8 Å². The molecule has 0 aliphatic rings. The van der Waals surface area contributed by atoms with E-state index in [1.54, 1.807) is 118 Å². The van der Waals surface area contributed by atoms with Crippen LogP contribution in [0.25, 0.3) is 0 Å². The van der Waals surface area contributed by atoms with Gasteiger partial charge in [0.2, 0.25) is 0 Å². The largest absolute Gasteiger partial charge is 0.481 e. The number of aliphatic carboxylic acids is 3. The third-order valence-corrected chi connectivity index (χ3v) is 17.9. The van der Waals surface area contributed by atoms with Crippen molar-refractivity contribution >= 4 is 136 Å². The molecule has 0 aliphatic carbocycles. The summed E-state index contributed by atoms with van der Waals surface area (Å²) >= 11 is 9.74. The van der Waals surface area contributed by atoms with Crippen LogP contribution in [0, 0.1) is 49.7 Å². The number of esters is 5. The number of rotatable bonds is 34. The average molecular weight is 1590 g/mol. The number of alkyl halides is 3. The molecule has 3 N–H and O–H groups in total. The Morgan fingerprint density at radius 1 is 0.378 bits per heavy atom. The zero-order chi connectivity index (χ0) is 79.6. The molecule has 0 rings (SSSR count). The van der Waals surface area contributed by atoms with Crippen molar-refractivity contribution in [2.24, 2.45) is 49.7 Å². The van der Waals surface area contributed by atoms with Crippen molar-refractivity contribution < 1.29 is 111 Å².